The number of anilines is 1. The highest BCUT2D eigenvalue weighted by Gasteiger charge is 2.39. The Labute approximate surface area is 224 Å². The van der Waals surface area contributed by atoms with Gasteiger partial charge >= 0.3 is 12.1 Å². The Morgan fingerprint density at radius 2 is 1.55 bits per heavy atom. The van der Waals surface area contributed by atoms with E-state index in [1.54, 1.807) is 36.3 Å². The van der Waals surface area contributed by atoms with Gasteiger partial charge in [0, 0.05) is 13.1 Å². The fourth-order valence-corrected chi connectivity index (χ4v) is 5.39. The van der Waals surface area contributed by atoms with Crippen molar-refractivity contribution in [2.24, 2.45) is 5.92 Å². The van der Waals surface area contributed by atoms with Crippen LogP contribution in [0.15, 0.2) is 78.9 Å². The van der Waals surface area contributed by atoms with Crippen LogP contribution in [0.2, 0.25) is 0 Å². The van der Waals surface area contributed by atoms with Crippen LogP contribution in [0.4, 0.5) is 10.5 Å². The molecule has 200 valence electrons. The van der Waals surface area contributed by atoms with Gasteiger partial charge in [-0.05, 0) is 59.7 Å². The lowest BCUT2D eigenvalue weighted by Crippen LogP contribution is -2.51. The number of ether oxygens (including phenoxy) is 2. The molecule has 1 amide bonds. The molecule has 0 radical (unpaired) electrons. The Morgan fingerprint density at radius 3 is 2.08 bits per heavy atom. The van der Waals surface area contributed by atoms with Crippen molar-refractivity contribution in [1.29, 1.82) is 0 Å². The second kappa shape index (κ2) is 12.6. The molecule has 38 heavy (non-hydrogen) atoms. The Kier molecular flexibility index (Phi) is 8.98. The van der Waals surface area contributed by atoms with Gasteiger partial charge in [-0.3, -0.25) is 8.86 Å². The molecule has 0 aliphatic carbocycles. The van der Waals surface area contributed by atoms with E-state index in [1.807, 2.05) is 54.6 Å². The van der Waals surface area contributed by atoms with Gasteiger partial charge in [0.25, 0.3) is 11.3 Å². The molecule has 2 atom stereocenters. The lowest BCUT2D eigenvalue weighted by atomic mass is 9.89. The molecule has 1 fully saturated rings. The van der Waals surface area contributed by atoms with Crippen molar-refractivity contribution in [1.82, 2.24) is 4.90 Å². The number of nitrogens with zero attached hydrogens (tertiary/aromatic N) is 2. The first-order valence-electron chi connectivity index (χ1n) is 12.2. The number of hydrogen-bond donors (Lipinski definition) is 2. The molecule has 3 aromatic rings. The van der Waals surface area contributed by atoms with Crippen molar-refractivity contribution in [2.45, 2.75) is 25.5 Å². The van der Waals surface area contributed by atoms with Crippen LogP contribution in [0.25, 0.3) is 11.1 Å². The van der Waals surface area contributed by atoms with Crippen molar-refractivity contribution in [3.63, 3.8) is 0 Å². The van der Waals surface area contributed by atoms with E-state index in [2.05, 4.69) is 0 Å². The first-order chi connectivity index (χ1) is 18.4. The van der Waals surface area contributed by atoms with E-state index >= 15 is 0 Å². The summed E-state index contributed by atoms with van der Waals surface area (Å²) in [6.45, 7) is 0.746. The number of piperidine rings is 1. The molecule has 1 aliphatic rings. The highest BCUT2D eigenvalue weighted by Crippen LogP contribution is 2.31. The minimum absolute atomic E-state index is 0.154. The number of aliphatic carboxylic acids is 1. The van der Waals surface area contributed by atoms with E-state index in [9.17, 15) is 23.5 Å². The van der Waals surface area contributed by atoms with Gasteiger partial charge in [0.05, 0.1) is 12.8 Å². The number of carbonyl (C=O) groups is 2. The standard InChI is InChI=1S/C28H30N2O7S/c1-36-25-13-9-22(10-14-25)21-7-11-24(12-8-21)30(38(34)35)26(27(31)32)23-15-17-29(18-16-23)28(33)37-19-20-5-3-2-4-6-20/h2-14,23,26H,15-19H2,1H3,(H,31,32)(H,34,35). The molecule has 10 heteroatoms. The minimum Gasteiger partial charge on any atom is -0.497 e. The third kappa shape index (κ3) is 6.51. The van der Waals surface area contributed by atoms with Crippen LogP contribution in [0.5, 0.6) is 5.75 Å². The number of carboxylic acids is 1. The quantitative estimate of drug-likeness (QED) is 0.376. The van der Waals surface area contributed by atoms with Crippen LogP contribution in [0.1, 0.15) is 18.4 Å². The molecule has 3 aromatic carbocycles. The van der Waals surface area contributed by atoms with E-state index in [4.69, 9.17) is 9.47 Å². The molecule has 0 saturated carbocycles. The van der Waals surface area contributed by atoms with Crippen molar-refractivity contribution in [3.05, 3.63) is 84.4 Å². The zero-order chi connectivity index (χ0) is 27.1. The van der Waals surface area contributed by atoms with Crippen molar-refractivity contribution < 1.29 is 32.9 Å². The van der Waals surface area contributed by atoms with E-state index in [0.717, 1.165) is 26.7 Å². The Morgan fingerprint density at radius 1 is 0.974 bits per heavy atom. The fourth-order valence-electron chi connectivity index (χ4n) is 4.63. The summed E-state index contributed by atoms with van der Waals surface area (Å²) in [5, 5.41) is 10.1. The topological polar surface area (TPSA) is 117 Å². The maximum atomic E-state index is 12.5. The largest absolute Gasteiger partial charge is 0.497 e. The number of benzene rings is 3. The van der Waals surface area contributed by atoms with Crippen molar-refractivity contribution in [2.75, 3.05) is 24.5 Å². The molecule has 0 spiro atoms. The molecule has 2 unspecified atom stereocenters. The number of likely N-dealkylation sites (tertiary alicyclic amines) is 1. The molecular formula is C28H30N2O7S. The van der Waals surface area contributed by atoms with E-state index in [0.29, 0.717) is 31.6 Å². The summed E-state index contributed by atoms with van der Waals surface area (Å²) >= 11 is -2.57. The third-order valence-electron chi connectivity index (χ3n) is 6.67. The second-order valence-electron chi connectivity index (χ2n) is 8.98. The van der Waals surface area contributed by atoms with Gasteiger partial charge in [-0.15, -0.1) is 0 Å². The molecule has 1 saturated heterocycles. The molecule has 9 nitrogen and oxygen atoms in total. The Hall–Kier alpha value is -3.89. The van der Waals surface area contributed by atoms with Crippen LogP contribution >= 0.6 is 0 Å². The molecule has 0 bridgehead atoms. The number of amides is 1. The summed E-state index contributed by atoms with van der Waals surface area (Å²) < 4.78 is 34.1. The molecule has 4 rings (SSSR count). The monoisotopic (exact) mass is 538 g/mol. The zero-order valence-electron chi connectivity index (χ0n) is 20.9. The summed E-state index contributed by atoms with van der Waals surface area (Å²) in [6, 6.07) is 22.4. The Bertz CT molecular complexity index is 1240. The highest BCUT2D eigenvalue weighted by molar-refractivity contribution is 7.80. The number of carbonyl (C=O) groups excluding carboxylic acids is 1. The van der Waals surface area contributed by atoms with Crippen LogP contribution in [0, 0.1) is 5.92 Å². The lowest BCUT2D eigenvalue weighted by Gasteiger charge is -2.37. The maximum absolute atomic E-state index is 12.5. The van der Waals surface area contributed by atoms with Crippen molar-refractivity contribution in [3.8, 4) is 16.9 Å². The first kappa shape index (κ1) is 27.2. The van der Waals surface area contributed by atoms with Gasteiger partial charge in [0.1, 0.15) is 18.4 Å². The van der Waals surface area contributed by atoms with Crippen LogP contribution in [-0.4, -0.2) is 57.1 Å². The molecule has 2 N–H and O–H groups in total. The van der Waals surface area contributed by atoms with E-state index in [1.165, 1.54) is 0 Å². The molecular weight excluding hydrogens is 508 g/mol. The van der Waals surface area contributed by atoms with Crippen molar-refractivity contribution >= 4 is 29.0 Å². The minimum atomic E-state index is -2.57. The van der Waals surface area contributed by atoms with Gasteiger partial charge in [0.2, 0.25) is 0 Å². The average Bonchev–Trinajstić information content (AvgIpc) is 2.95. The molecule has 1 aliphatic heterocycles. The number of hydrogen-bond acceptors (Lipinski definition) is 5. The van der Waals surface area contributed by atoms with E-state index in [-0.39, 0.29) is 6.61 Å². The van der Waals surface area contributed by atoms with Gasteiger partial charge in [-0.25, -0.2) is 13.8 Å². The average molecular weight is 539 g/mol. The predicted octanol–water partition coefficient (Wildman–Crippen LogP) is 4.81. The lowest BCUT2D eigenvalue weighted by molar-refractivity contribution is -0.140. The van der Waals surface area contributed by atoms with E-state index < -0.39 is 35.3 Å². The van der Waals surface area contributed by atoms with Gasteiger partial charge in [-0.1, -0.05) is 54.6 Å². The third-order valence-corrected chi connectivity index (χ3v) is 7.44. The summed E-state index contributed by atoms with van der Waals surface area (Å²) in [5.74, 6) is -0.910. The highest BCUT2D eigenvalue weighted by atomic mass is 32.2. The van der Waals surface area contributed by atoms with Crippen LogP contribution < -0.4 is 9.04 Å². The SMILES string of the molecule is COc1ccc(-c2ccc(N(C(C(=O)O)C3CCN(C(=O)OCc4ccccc4)CC3)S(=O)O)cc2)cc1. The predicted molar refractivity (Wildman–Crippen MR) is 144 cm³/mol. The number of methoxy groups -OCH3 is 1. The summed E-state index contributed by atoms with van der Waals surface area (Å²) in [6.07, 6.45) is 0.250. The number of rotatable bonds is 9. The Balaban J connectivity index is 1.43. The van der Waals surface area contributed by atoms with Crippen LogP contribution in [-0.2, 0) is 27.4 Å². The number of carboxylic acid groups (broad SMARTS) is 1. The smallest absolute Gasteiger partial charge is 0.410 e. The fraction of sp³-hybridized carbons (Fsp3) is 0.286. The zero-order valence-corrected chi connectivity index (χ0v) is 21.8. The second-order valence-corrected chi connectivity index (χ2v) is 9.83. The van der Waals surface area contributed by atoms with Gasteiger partial charge in [-0.2, -0.15) is 0 Å². The summed E-state index contributed by atoms with van der Waals surface area (Å²) in [4.78, 5) is 26.4. The molecule has 1 heterocycles. The normalized spacial score (nSPS) is 15.4. The summed E-state index contributed by atoms with van der Waals surface area (Å²) in [5.41, 5.74) is 2.99. The van der Waals surface area contributed by atoms with Gasteiger partial charge in [0.15, 0.2) is 0 Å². The van der Waals surface area contributed by atoms with Crippen LogP contribution in [0.3, 0.4) is 0 Å². The first-order valence-corrected chi connectivity index (χ1v) is 13.3. The summed E-state index contributed by atoms with van der Waals surface area (Å²) in [7, 11) is 1.59. The molecule has 0 aromatic heterocycles. The maximum Gasteiger partial charge on any atom is 0.410 e. The van der Waals surface area contributed by atoms with Gasteiger partial charge < -0.3 is 19.5 Å².